The molecule has 0 saturated heterocycles. The lowest BCUT2D eigenvalue weighted by atomic mass is 10.3. The van der Waals surface area contributed by atoms with Crippen LogP contribution in [0.25, 0.3) is 5.82 Å². The van der Waals surface area contributed by atoms with Crippen molar-refractivity contribution in [2.75, 3.05) is 5.32 Å². The number of urea groups is 1. The molecule has 0 spiro atoms. The van der Waals surface area contributed by atoms with Crippen molar-refractivity contribution in [2.24, 2.45) is 0 Å². The molecule has 7 heteroatoms. The summed E-state index contributed by atoms with van der Waals surface area (Å²) >= 11 is 0. The number of carbonyl (C=O) groups is 1. The predicted molar refractivity (Wildman–Crippen MR) is 83.6 cm³/mol. The van der Waals surface area contributed by atoms with Gasteiger partial charge in [-0.2, -0.15) is 0 Å². The Morgan fingerprint density at radius 2 is 2.00 bits per heavy atom. The number of hydrogen-bond acceptors (Lipinski definition) is 3. The molecular formula is C16H14FN5O. The Kier molecular flexibility index (Phi) is 4.28. The summed E-state index contributed by atoms with van der Waals surface area (Å²) in [6.07, 6.45) is 6.83. The van der Waals surface area contributed by atoms with E-state index in [1.807, 2.05) is 12.1 Å². The third-order valence-electron chi connectivity index (χ3n) is 3.13. The molecule has 0 fully saturated rings. The number of pyridine rings is 1. The van der Waals surface area contributed by atoms with Gasteiger partial charge >= 0.3 is 6.03 Å². The Morgan fingerprint density at radius 3 is 2.65 bits per heavy atom. The monoisotopic (exact) mass is 311 g/mol. The summed E-state index contributed by atoms with van der Waals surface area (Å²) in [5.74, 6) is 0.405. The lowest BCUT2D eigenvalue weighted by Crippen LogP contribution is -2.28. The van der Waals surface area contributed by atoms with E-state index in [0.29, 0.717) is 12.2 Å². The van der Waals surface area contributed by atoms with Crippen LogP contribution in [0.5, 0.6) is 0 Å². The van der Waals surface area contributed by atoms with Crippen LogP contribution in [0.4, 0.5) is 14.9 Å². The third-order valence-corrected chi connectivity index (χ3v) is 3.13. The van der Waals surface area contributed by atoms with Crippen LogP contribution in [-0.2, 0) is 6.54 Å². The van der Waals surface area contributed by atoms with Crippen molar-refractivity contribution in [3.8, 4) is 5.82 Å². The van der Waals surface area contributed by atoms with Crippen LogP contribution in [-0.4, -0.2) is 20.6 Å². The van der Waals surface area contributed by atoms with Crippen molar-refractivity contribution >= 4 is 11.7 Å². The number of halogens is 1. The number of rotatable bonds is 4. The van der Waals surface area contributed by atoms with E-state index in [9.17, 15) is 9.18 Å². The number of hydrogen-bond donors (Lipinski definition) is 2. The molecule has 2 N–H and O–H groups in total. The highest BCUT2D eigenvalue weighted by Crippen LogP contribution is 2.08. The number of aromatic nitrogens is 3. The Labute approximate surface area is 132 Å². The van der Waals surface area contributed by atoms with Crippen LogP contribution in [0.15, 0.2) is 61.3 Å². The average Bonchev–Trinajstić information content (AvgIpc) is 3.10. The minimum Gasteiger partial charge on any atom is -0.334 e. The van der Waals surface area contributed by atoms with E-state index in [1.54, 1.807) is 29.5 Å². The van der Waals surface area contributed by atoms with Gasteiger partial charge in [0.1, 0.15) is 18.0 Å². The van der Waals surface area contributed by atoms with E-state index in [-0.39, 0.29) is 11.8 Å². The molecule has 0 aliphatic carbocycles. The first-order valence-electron chi connectivity index (χ1n) is 6.94. The van der Waals surface area contributed by atoms with E-state index >= 15 is 0 Å². The van der Waals surface area contributed by atoms with Gasteiger partial charge in [-0.05, 0) is 35.9 Å². The van der Waals surface area contributed by atoms with Gasteiger partial charge in [-0.3, -0.25) is 4.57 Å². The molecule has 2 heterocycles. The standard InChI is InChI=1S/C16H14FN5O/c17-13-2-4-14(5-3-13)21-16(23)20-10-12-1-6-15(19-9-12)22-8-7-18-11-22/h1-9,11H,10H2,(H2,20,21,23). The maximum absolute atomic E-state index is 12.8. The topological polar surface area (TPSA) is 71.8 Å². The number of imidazole rings is 1. The number of amides is 2. The van der Waals surface area contributed by atoms with Gasteiger partial charge in [-0.15, -0.1) is 0 Å². The van der Waals surface area contributed by atoms with Gasteiger partial charge in [0, 0.05) is 30.8 Å². The SMILES string of the molecule is O=C(NCc1ccc(-n2ccnc2)nc1)Nc1ccc(F)cc1. The zero-order valence-electron chi connectivity index (χ0n) is 12.1. The summed E-state index contributed by atoms with van der Waals surface area (Å²) < 4.78 is 14.6. The van der Waals surface area contributed by atoms with Gasteiger partial charge < -0.3 is 10.6 Å². The Hall–Kier alpha value is -3.22. The molecule has 2 aromatic heterocycles. The van der Waals surface area contributed by atoms with Crippen LogP contribution < -0.4 is 10.6 Å². The molecule has 2 amide bonds. The van der Waals surface area contributed by atoms with Crippen molar-refractivity contribution in [3.05, 3.63) is 72.7 Å². The first kappa shape index (κ1) is 14.7. The number of carbonyl (C=O) groups excluding carboxylic acids is 1. The number of anilines is 1. The second kappa shape index (κ2) is 6.69. The lowest BCUT2D eigenvalue weighted by molar-refractivity contribution is 0.251. The quantitative estimate of drug-likeness (QED) is 0.778. The van der Waals surface area contributed by atoms with Crippen LogP contribution in [0, 0.1) is 5.82 Å². The van der Waals surface area contributed by atoms with Gasteiger partial charge in [0.15, 0.2) is 0 Å². The lowest BCUT2D eigenvalue weighted by Gasteiger charge is -2.08. The minimum atomic E-state index is -0.365. The molecular weight excluding hydrogens is 297 g/mol. The van der Waals surface area contributed by atoms with Gasteiger partial charge in [0.05, 0.1) is 0 Å². The van der Waals surface area contributed by atoms with Crippen molar-refractivity contribution < 1.29 is 9.18 Å². The Bertz CT molecular complexity index is 769. The van der Waals surface area contributed by atoms with Gasteiger partial charge in [0.25, 0.3) is 0 Å². The normalized spacial score (nSPS) is 10.3. The van der Waals surface area contributed by atoms with E-state index in [2.05, 4.69) is 20.6 Å². The zero-order valence-corrected chi connectivity index (χ0v) is 12.1. The summed E-state index contributed by atoms with van der Waals surface area (Å²) in [7, 11) is 0. The second-order valence-electron chi connectivity index (χ2n) is 4.81. The summed E-state index contributed by atoms with van der Waals surface area (Å²) in [6.45, 7) is 0.338. The van der Waals surface area contributed by atoms with Crippen molar-refractivity contribution in [1.29, 1.82) is 0 Å². The molecule has 0 atom stereocenters. The summed E-state index contributed by atoms with van der Waals surface area (Å²) in [5.41, 5.74) is 1.39. The van der Waals surface area contributed by atoms with Crippen molar-refractivity contribution in [1.82, 2.24) is 19.9 Å². The second-order valence-corrected chi connectivity index (χ2v) is 4.81. The molecule has 116 valence electrons. The Morgan fingerprint density at radius 1 is 1.17 bits per heavy atom. The molecule has 0 aliphatic heterocycles. The first-order valence-corrected chi connectivity index (χ1v) is 6.94. The fourth-order valence-electron chi connectivity index (χ4n) is 1.96. The van der Waals surface area contributed by atoms with Gasteiger partial charge in [-0.25, -0.2) is 19.2 Å². The predicted octanol–water partition coefficient (Wildman–Crippen LogP) is 2.73. The van der Waals surface area contributed by atoms with E-state index in [4.69, 9.17) is 0 Å². The molecule has 3 rings (SSSR count). The maximum atomic E-state index is 12.8. The van der Waals surface area contributed by atoms with Crippen LogP contribution >= 0.6 is 0 Å². The van der Waals surface area contributed by atoms with E-state index in [0.717, 1.165) is 11.4 Å². The van der Waals surface area contributed by atoms with E-state index in [1.165, 1.54) is 24.3 Å². The highest BCUT2D eigenvalue weighted by molar-refractivity contribution is 5.89. The van der Waals surface area contributed by atoms with Crippen LogP contribution in [0.1, 0.15) is 5.56 Å². The molecule has 0 bridgehead atoms. The number of benzene rings is 1. The summed E-state index contributed by atoms with van der Waals surface area (Å²) in [6, 6.07) is 8.92. The average molecular weight is 311 g/mol. The van der Waals surface area contributed by atoms with Gasteiger partial charge in [0.2, 0.25) is 0 Å². The highest BCUT2D eigenvalue weighted by atomic mass is 19.1. The highest BCUT2D eigenvalue weighted by Gasteiger charge is 2.03. The molecule has 1 aromatic carbocycles. The van der Waals surface area contributed by atoms with Crippen molar-refractivity contribution in [3.63, 3.8) is 0 Å². The maximum Gasteiger partial charge on any atom is 0.319 e. The molecule has 3 aromatic rings. The van der Waals surface area contributed by atoms with Gasteiger partial charge in [-0.1, -0.05) is 6.07 Å². The first-order chi connectivity index (χ1) is 11.2. The zero-order chi connectivity index (χ0) is 16.1. The van der Waals surface area contributed by atoms with E-state index < -0.39 is 0 Å². The third kappa shape index (κ3) is 3.91. The summed E-state index contributed by atoms with van der Waals surface area (Å²) in [5, 5.41) is 5.34. The van der Waals surface area contributed by atoms with Crippen LogP contribution in [0.2, 0.25) is 0 Å². The largest absolute Gasteiger partial charge is 0.334 e. The molecule has 0 unspecified atom stereocenters. The molecule has 0 radical (unpaired) electrons. The fourth-order valence-corrected chi connectivity index (χ4v) is 1.96. The Balaban J connectivity index is 1.53. The fraction of sp³-hybridized carbons (Fsp3) is 0.0625. The van der Waals surface area contributed by atoms with Crippen LogP contribution in [0.3, 0.4) is 0 Å². The molecule has 23 heavy (non-hydrogen) atoms. The van der Waals surface area contributed by atoms with Crippen molar-refractivity contribution in [2.45, 2.75) is 6.54 Å². The molecule has 0 saturated carbocycles. The number of nitrogens with zero attached hydrogens (tertiary/aromatic N) is 3. The minimum absolute atomic E-state index is 0.338. The number of nitrogens with one attached hydrogen (secondary N) is 2. The molecule has 0 aliphatic rings. The molecule has 6 nitrogen and oxygen atoms in total. The smallest absolute Gasteiger partial charge is 0.319 e. The summed E-state index contributed by atoms with van der Waals surface area (Å²) in [4.78, 5) is 20.0.